The van der Waals surface area contributed by atoms with Gasteiger partial charge in [0.05, 0.1) is 29.3 Å². The van der Waals surface area contributed by atoms with Crippen molar-refractivity contribution in [2.45, 2.75) is 13.8 Å². The van der Waals surface area contributed by atoms with Gasteiger partial charge in [-0.25, -0.2) is 4.68 Å². The van der Waals surface area contributed by atoms with E-state index < -0.39 is 0 Å². The molecule has 0 aliphatic heterocycles. The molecule has 1 aromatic heterocycles. The highest BCUT2D eigenvalue weighted by atomic mass is 16.5. The number of aromatic nitrogens is 2. The number of nitrogens with zero attached hydrogens (tertiary/aromatic N) is 3. The Hall–Kier alpha value is -3.12. The van der Waals surface area contributed by atoms with E-state index in [4.69, 9.17) is 4.74 Å². The van der Waals surface area contributed by atoms with Crippen LogP contribution >= 0.6 is 0 Å². The number of aryl methyl sites for hydroxylation is 1. The number of amides is 1. The molecule has 0 atom stereocenters. The fraction of sp³-hybridized carbons (Fsp3) is 0.273. The lowest BCUT2D eigenvalue weighted by Crippen LogP contribution is -2.33. The largest absolute Gasteiger partial charge is 0.492 e. The molecule has 0 spiro atoms. The number of nitrogens with one attached hydrogen (secondary N) is 1. The van der Waals surface area contributed by atoms with Gasteiger partial charge in [-0.3, -0.25) is 9.69 Å². The summed E-state index contributed by atoms with van der Waals surface area (Å²) in [7, 11) is 1.90. The van der Waals surface area contributed by atoms with Crippen molar-refractivity contribution in [2.24, 2.45) is 0 Å². The zero-order valence-corrected chi connectivity index (χ0v) is 16.6. The topological polar surface area (TPSA) is 59.4 Å². The molecule has 1 N–H and O–H groups in total. The summed E-state index contributed by atoms with van der Waals surface area (Å²) in [6, 6.07) is 19.6. The number of benzene rings is 2. The van der Waals surface area contributed by atoms with Gasteiger partial charge in [-0.05, 0) is 45.2 Å². The zero-order chi connectivity index (χ0) is 19.9. The lowest BCUT2D eigenvalue weighted by atomic mass is 10.3. The van der Waals surface area contributed by atoms with Crippen LogP contribution in [0.25, 0.3) is 5.69 Å². The molecule has 3 aromatic rings. The summed E-state index contributed by atoms with van der Waals surface area (Å²) in [6.07, 6.45) is 0. The smallest absolute Gasteiger partial charge is 0.238 e. The van der Waals surface area contributed by atoms with Crippen molar-refractivity contribution in [1.82, 2.24) is 14.7 Å². The Morgan fingerprint density at radius 2 is 1.71 bits per heavy atom. The Labute approximate surface area is 165 Å². The lowest BCUT2D eigenvalue weighted by Gasteiger charge is -2.16. The number of ether oxygens (including phenoxy) is 1. The number of rotatable bonds is 8. The molecule has 146 valence electrons. The summed E-state index contributed by atoms with van der Waals surface area (Å²) < 4.78 is 7.53. The fourth-order valence-corrected chi connectivity index (χ4v) is 2.98. The minimum atomic E-state index is -0.0685. The van der Waals surface area contributed by atoms with Gasteiger partial charge in [0.15, 0.2) is 0 Å². The summed E-state index contributed by atoms with van der Waals surface area (Å²) in [5, 5.41) is 7.57. The van der Waals surface area contributed by atoms with Crippen LogP contribution in [0.3, 0.4) is 0 Å². The van der Waals surface area contributed by atoms with E-state index in [0.717, 1.165) is 28.5 Å². The Bertz CT molecular complexity index is 907. The van der Waals surface area contributed by atoms with Crippen molar-refractivity contribution < 1.29 is 9.53 Å². The van der Waals surface area contributed by atoms with Crippen LogP contribution in [0, 0.1) is 13.8 Å². The second-order valence-corrected chi connectivity index (χ2v) is 6.74. The Balaban J connectivity index is 1.54. The van der Waals surface area contributed by atoms with Gasteiger partial charge in [0, 0.05) is 6.54 Å². The predicted octanol–water partition coefficient (Wildman–Crippen LogP) is 3.44. The molecule has 28 heavy (non-hydrogen) atoms. The van der Waals surface area contributed by atoms with Crippen molar-refractivity contribution in [3.63, 3.8) is 0 Å². The van der Waals surface area contributed by atoms with Gasteiger partial charge >= 0.3 is 0 Å². The van der Waals surface area contributed by atoms with Crippen LogP contribution in [-0.2, 0) is 4.79 Å². The average molecular weight is 378 g/mol. The number of hydrogen-bond acceptors (Lipinski definition) is 4. The summed E-state index contributed by atoms with van der Waals surface area (Å²) in [5.74, 6) is 0.765. The van der Waals surface area contributed by atoms with Gasteiger partial charge in [0.2, 0.25) is 5.91 Å². The van der Waals surface area contributed by atoms with Gasteiger partial charge in [-0.2, -0.15) is 5.10 Å². The second kappa shape index (κ2) is 9.19. The molecular formula is C22H26N4O2. The molecule has 0 radical (unpaired) electrons. The molecule has 3 rings (SSSR count). The molecule has 0 fully saturated rings. The lowest BCUT2D eigenvalue weighted by molar-refractivity contribution is -0.117. The number of anilines is 1. The highest BCUT2D eigenvalue weighted by Gasteiger charge is 2.16. The molecule has 0 bridgehead atoms. The second-order valence-electron chi connectivity index (χ2n) is 6.74. The maximum atomic E-state index is 12.5. The third-order valence-corrected chi connectivity index (χ3v) is 4.45. The van der Waals surface area contributed by atoms with Crippen molar-refractivity contribution in [3.8, 4) is 11.4 Å². The minimum absolute atomic E-state index is 0.0685. The first-order valence-electron chi connectivity index (χ1n) is 9.32. The van der Waals surface area contributed by atoms with Crippen LogP contribution in [0.5, 0.6) is 5.75 Å². The average Bonchev–Trinajstić information content (AvgIpc) is 2.97. The Morgan fingerprint density at radius 3 is 2.39 bits per heavy atom. The van der Waals surface area contributed by atoms with E-state index in [0.29, 0.717) is 13.2 Å². The van der Waals surface area contributed by atoms with Crippen LogP contribution in [-0.4, -0.2) is 47.3 Å². The van der Waals surface area contributed by atoms with Gasteiger partial charge in [0.25, 0.3) is 0 Å². The third kappa shape index (κ3) is 4.98. The van der Waals surface area contributed by atoms with Gasteiger partial charge < -0.3 is 10.1 Å². The highest BCUT2D eigenvalue weighted by molar-refractivity contribution is 5.93. The van der Waals surface area contributed by atoms with Crippen molar-refractivity contribution in [2.75, 3.05) is 32.1 Å². The van der Waals surface area contributed by atoms with Crippen molar-refractivity contribution in [1.29, 1.82) is 0 Å². The monoisotopic (exact) mass is 378 g/mol. The highest BCUT2D eigenvalue weighted by Crippen LogP contribution is 2.22. The standard InChI is InChI=1S/C22H26N4O2/c1-17-22(18(2)26(24-17)19-10-6-4-7-11-19)23-21(27)16-25(3)14-15-28-20-12-8-5-9-13-20/h4-13H,14-16H2,1-3H3,(H,23,27). The molecule has 0 aliphatic carbocycles. The Morgan fingerprint density at radius 1 is 1.07 bits per heavy atom. The van der Waals surface area contributed by atoms with E-state index >= 15 is 0 Å². The molecule has 0 saturated carbocycles. The Kier molecular flexibility index (Phi) is 6.45. The molecule has 1 heterocycles. The van der Waals surface area contributed by atoms with Crippen molar-refractivity contribution in [3.05, 3.63) is 72.1 Å². The maximum Gasteiger partial charge on any atom is 0.238 e. The zero-order valence-electron chi connectivity index (χ0n) is 16.6. The molecule has 6 heteroatoms. The molecule has 6 nitrogen and oxygen atoms in total. The number of para-hydroxylation sites is 2. The van der Waals surface area contributed by atoms with E-state index in [-0.39, 0.29) is 12.5 Å². The molecular weight excluding hydrogens is 352 g/mol. The van der Waals surface area contributed by atoms with E-state index in [2.05, 4.69) is 10.4 Å². The van der Waals surface area contributed by atoms with Crippen molar-refractivity contribution >= 4 is 11.6 Å². The number of likely N-dealkylation sites (N-methyl/N-ethyl adjacent to an activating group) is 1. The third-order valence-electron chi connectivity index (χ3n) is 4.45. The van der Waals surface area contributed by atoms with E-state index in [1.165, 1.54) is 0 Å². The summed E-state index contributed by atoms with van der Waals surface area (Å²) >= 11 is 0. The van der Waals surface area contributed by atoms with Crippen LogP contribution in [0.1, 0.15) is 11.4 Å². The molecule has 0 saturated heterocycles. The molecule has 0 unspecified atom stereocenters. The summed E-state index contributed by atoms with van der Waals surface area (Å²) in [5.41, 5.74) is 3.44. The van der Waals surface area contributed by atoms with E-state index in [9.17, 15) is 4.79 Å². The SMILES string of the molecule is Cc1nn(-c2ccccc2)c(C)c1NC(=O)CN(C)CCOc1ccccc1. The fourth-order valence-electron chi connectivity index (χ4n) is 2.98. The first-order valence-corrected chi connectivity index (χ1v) is 9.32. The first kappa shape index (κ1) is 19.6. The van der Waals surface area contributed by atoms with Gasteiger partial charge in [-0.1, -0.05) is 36.4 Å². The van der Waals surface area contributed by atoms with Gasteiger partial charge in [0.1, 0.15) is 12.4 Å². The minimum Gasteiger partial charge on any atom is -0.492 e. The molecule has 2 aromatic carbocycles. The summed E-state index contributed by atoms with van der Waals surface area (Å²) in [6.45, 7) is 5.33. The number of carbonyl (C=O) groups is 1. The van der Waals surface area contributed by atoms with Crippen LogP contribution in [0.2, 0.25) is 0 Å². The number of carbonyl (C=O) groups excluding carboxylic acids is 1. The van der Waals surface area contributed by atoms with Gasteiger partial charge in [-0.15, -0.1) is 0 Å². The number of hydrogen-bond donors (Lipinski definition) is 1. The normalized spacial score (nSPS) is 10.9. The first-order chi connectivity index (χ1) is 13.5. The van der Waals surface area contributed by atoms with Crippen LogP contribution < -0.4 is 10.1 Å². The molecule has 1 amide bonds. The van der Waals surface area contributed by atoms with Crippen LogP contribution in [0.15, 0.2) is 60.7 Å². The quantitative estimate of drug-likeness (QED) is 0.652. The van der Waals surface area contributed by atoms with E-state index in [1.54, 1.807) is 0 Å². The maximum absolute atomic E-state index is 12.5. The predicted molar refractivity (Wildman–Crippen MR) is 111 cm³/mol. The molecule has 0 aliphatic rings. The van der Waals surface area contributed by atoms with Crippen LogP contribution in [0.4, 0.5) is 5.69 Å². The summed E-state index contributed by atoms with van der Waals surface area (Å²) in [4.78, 5) is 14.4. The van der Waals surface area contributed by atoms with E-state index in [1.807, 2.05) is 91.1 Å².